The number of nitrogens with two attached hydrogens (primary N) is 1. The van der Waals surface area contributed by atoms with Gasteiger partial charge >= 0.3 is 11.9 Å². The normalized spacial score (nSPS) is 12.0. The van der Waals surface area contributed by atoms with Crippen LogP contribution in [-0.4, -0.2) is 44.9 Å². The van der Waals surface area contributed by atoms with Crippen LogP contribution in [0.4, 0.5) is 5.69 Å². The fourth-order valence-corrected chi connectivity index (χ4v) is 3.20. The molecule has 10 heteroatoms. The number of anilines is 1. The number of carbonyl (C=O) groups excluding carboxylic acids is 2. The molecule has 10 nitrogen and oxygen atoms in total. The predicted molar refractivity (Wildman–Crippen MR) is 95.0 cm³/mol. The highest BCUT2D eigenvalue weighted by atomic mass is 16.5. The number of carbonyl (C=O) groups is 2. The van der Waals surface area contributed by atoms with Crippen LogP contribution >= 0.6 is 0 Å². The Morgan fingerprint density at radius 2 is 1.82 bits per heavy atom. The van der Waals surface area contributed by atoms with Crippen molar-refractivity contribution >= 4 is 17.6 Å². The van der Waals surface area contributed by atoms with Crippen LogP contribution in [0.1, 0.15) is 32.0 Å². The first kappa shape index (κ1) is 18.9. The largest absolute Gasteiger partial charge is 0.492 e. The summed E-state index contributed by atoms with van der Waals surface area (Å²) in [5.74, 6) is -0.883. The van der Waals surface area contributed by atoms with Gasteiger partial charge in [0.25, 0.3) is 0 Å². The summed E-state index contributed by atoms with van der Waals surface area (Å²) in [5, 5.41) is 9.35. The molecule has 0 fully saturated rings. The van der Waals surface area contributed by atoms with Gasteiger partial charge in [0.15, 0.2) is 17.2 Å². The van der Waals surface area contributed by atoms with Crippen LogP contribution in [0.25, 0.3) is 5.69 Å². The summed E-state index contributed by atoms with van der Waals surface area (Å²) in [7, 11) is 5.36. The van der Waals surface area contributed by atoms with Crippen molar-refractivity contribution in [3.05, 3.63) is 28.6 Å². The number of benzene rings is 1. The van der Waals surface area contributed by atoms with Gasteiger partial charge < -0.3 is 34.0 Å². The maximum absolute atomic E-state index is 12.5. The lowest BCUT2D eigenvalue weighted by Gasteiger charge is -2.20. The molecule has 0 atom stereocenters. The summed E-state index contributed by atoms with van der Waals surface area (Å²) in [6, 6.07) is 1.91. The van der Waals surface area contributed by atoms with Crippen LogP contribution < -0.4 is 19.9 Å². The zero-order valence-electron chi connectivity index (χ0n) is 15.6. The van der Waals surface area contributed by atoms with Gasteiger partial charge in [0.1, 0.15) is 18.4 Å². The topological polar surface area (TPSA) is 135 Å². The van der Waals surface area contributed by atoms with Crippen molar-refractivity contribution < 1.29 is 33.3 Å². The van der Waals surface area contributed by atoms with Gasteiger partial charge in [0.2, 0.25) is 5.75 Å². The van der Waals surface area contributed by atoms with Gasteiger partial charge in [0, 0.05) is 6.20 Å². The maximum Gasteiger partial charge on any atom is 0.357 e. The van der Waals surface area contributed by atoms with Gasteiger partial charge in [-0.3, -0.25) is 0 Å². The number of hydrogen-bond acceptors (Lipinski definition) is 9. The molecule has 0 radical (unpaired) electrons. The Labute approximate surface area is 159 Å². The molecule has 0 bridgehead atoms. The first-order valence-electron chi connectivity index (χ1n) is 7.96. The molecule has 0 unspecified atom stereocenters. The predicted octanol–water partition coefficient (Wildman–Crippen LogP) is 1.41. The van der Waals surface area contributed by atoms with E-state index in [1.807, 2.05) is 6.07 Å². The Balaban J connectivity index is 2.51. The molecule has 2 N–H and O–H groups in total. The van der Waals surface area contributed by atoms with Crippen LogP contribution in [-0.2, 0) is 16.1 Å². The quantitative estimate of drug-likeness (QED) is 0.755. The molecule has 3 rings (SSSR count). The third-order valence-electron chi connectivity index (χ3n) is 4.39. The van der Waals surface area contributed by atoms with E-state index in [1.165, 1.54) is 39.2 Å². The van der Waals surface area contributed by atoms with Gasteiger partial charge in [-0.2, -0.15) is 5.26 Å². The molecule has 0 saturated heterocycles. The van der Waals surface area contributed by atoms with Crippen molar-refractivity contribution in [1.82, 2.24) is 4.57 Å². The highest BCUT2D eigenvalue weighted by Crippen LogP contribution is 2.50. The van der Waals surface area contributed by atoms with Gasteiger partial charge in [0.05, 0.1) is 50.8 Å². The molecule has 2 aromatic rings. The van der Waals surface area contributed by atoms with Crippen LogP contribution in [0.2, 0.25) is 0 Å². The van der Waals surface area contributed by atoms with Gasteiger partial charge in [-0.1, -0.05) is 0 Å². The molecular weight excluding hydrogens is 370 g/mol. The van der Waals surface area contributed by atoms with Crippen molar-refractivity contribution in [1.29, 1.82) is 5.26 Å². The van der Waals surface area contributed by atoms with Crippen molar-refractivity contribution in [2.75, 3.05) is 34.2 Å². The summed E-state index contributed by atoms with van der Waals surface area (Å²) in [5.41, 5.74) is 6.43. The molecule has 28 heavy (non-hydrogen) atoms. The summed E-state index contributed by atoms with van der Waals surface area (Å²) in [4.78, 5) is 24.9. The fourth-order valence-electron chi connectivity index (χ4n) is 3.20. The molecule has 1 aromatic heterocycles. The van der Waals surface area contributed by atoms with Crippen LogP contribution in [0, 0.1) is 11.3 Å². The first-order valence-corrected chi connectivity index (χ1v) is 7.96. The van der Waals surface area contributed by atoms with E-state index in [0.717, 1.165) is 0 Å². The van der Waals surface area contributed by atoms with Crippen LogP contribution in [0.15, 0.2) is 6.20 Å². The number of aromatic nitrogens is 1. The lowest BCUT2D eigenvalue weighted by molar-refractivity contribution is 0.0531. The van der Waals surface area contributed by atoms with E-state index in [2.05, 4.69) is 0 Å². The number of fused-ring (bicyclic) bond motifs is 1. The maximum atomic E-state index is 12.5. The molecular formula is C18H17N3O7. The van der Waals surface area contributed by atoms with Gasteiger partial charge in [-0.05, 0) is 0 Å². The Hall–Kier alpha value is -3.87. The smallest absolute Gasteiger partial charge is 0.357 e. The second-order valence-corrected chi connectivity index (χ2v) is 5.66. The van der Waals surface area contributed by atoms with Gasteiger partial charge in [-0.25, -0.2) is 9.59 Å². The molecule has 146 valence electrons. The van der Waals surface area contributed by atoms with E-state index in [1.54, 1.807) is 0 Å². The second-order valence-electron chi connectivity index (χ2n) is 5.66. The molecule has 0 spiro atoms. The van der Waals surface area contributed by atoms with E-state index in [4.69, 9.17) is 29.4 Å². The minimum atomic E-state index is -0.795. The average molecular weight is 387 g/mol. The first-order chi connectivity index (χ1) is 13.4. The SMILES string of the molecule is COC(=O)c1c(N)c(C#N)cn1-c1c(OC)c(OC)c(OC)c2c1C(=O)OC2. The van der Waals surface area contributed by atoms with E-state index in [-0.39, 0.29) is 52.1 Å². The van der Waals surface area contributed by atoms with Crippen molar-refractivity contribution in [3.8, 4) is 29.0 Å². The number of nitriles is 1. The number of cyclic esters (lactones) is 1. The van der Waals surface area contributed by atoms with E-state index in [0.29, 0.717) is 5.56 Å². The highest BCUT2D eigenvalue weighted by Gasteiger charge is 2.38. The minimum Gasteiger partial charge on any atom is -0.492 e. The number of hydrogen-bond donors (Lipinski definition) is 1. The number of esters is 2. The highest BCUT2D eigenvalue weighted by molar-refractivity contribution is 6.03. The number of nitrogen functional groups attached to an aromatic ring is 1. The number of rotatable bonds is 5. The van der Waals surface area contributed by atoms with E-state index >= 15 is 0 Å². The monoisotopic (exact) mass is 387 g/mol. The average Bonchev–Trinajstić information content (AvgIpc) is 3.25. The lowest BCUT2D eigenvalue weighted by Crippen LogP contribution is -2.15. The minimum absolute atomic E-state index is 0.0253. The van der Waals surface area contributed by atoms with Crippen LogP contribution in [0.5, 0.6) is 17.2 Å². The molecule has 1 aliphatic rings. The molecule has 1 aromatic carbocycles. The Morgan fingerprint density at radius 3 is 2.36 bits per heavy atom. The molecule has 0 amide bonds. The second kappa shape index (κ2) is 7.03. The van der Waals surface area contributed by atoms with E-state index < -0.39 is 11.9 Å². The van der Waals surface area contributed by atoms with Crippen LogP contribution in [0.3, 0.4) is 0 Å². The zero-order valence-corrected chi connectivity index (χ0v) is 15.6. The van der Waals surface area contributed by atoms with Crippen molar-refractivity contribution in [2.45, 2.75) is 6.61 Å². The number of nitrogens with zero attached hydrogens (tertiary/aromatic N) is 2. The molecule has 1 aliphatic heterocycles. The summed E-state index contributed by atoms with van der Waals surface area (Å²) >= 11 is 0. The van der Waals surface area contributed by atoms with E-state index in [9.17, 15) is 14.9 Å². The lowest BCUT2D eigenvalue weighted by atomic mass is 10.0. The molecule has 0 aliphatic carbocycles. The molecule has 0 saturated carbocycles. The number of ether oxygens (including phenoxy) is 5. The summed E-state index contributed by atoms with van der Waals surface area (Å²) in [6.07, 6.45) is 1.32. The third kappa shape index (κ3) is 2.48. The zero-order chi connectivity index (χ0) is 20.6. The van der Waals surface area contributed by atoms with Crippen molar-refractivity contribution in [3.63, 3.8) is 0 Å². The summed E-state index contributed by atoms with van der Waals surface area (Å²) in [6.45, 7) is -0.0554. The third-order valence-corrected chi connectivity index (χ3v) is 4.39. The van der Waals surface area contributed by atoms with Gasteiger partial charge in [-0.15, -0.1) is 0 Å². The summed E-state index contributed by atoms with van der Waals surface area (Å²) < 4.78 is 27.5. The Kier molecular flexibility index (Phi) is 4.75. The standard InChI is InChI=1S/C18H17N3O7/c1-24-14-9-7-28-17(22)10(9)12(15(25-2)16(14)26-3)21-6-8(5-19)11(20)13(21)18(23)27-4/h6H,7,20H2,1-4H3. The van der Waals surface area contributed by atoms with Crippen molar-refractivity contribution in [2.24, 2.45) is 0 Å². The number of methoxy groups -OCH3 is 4. The Morgan fingerprint density at radius 1 is 1.18 bits per heavy atom. The Bertz CT molecular complexity index is 1030. The fraction of sp³-hybridized carbons (Fsp3) is 0.278. The molecule has 2 heterocycles.